The number of nitrogens with one attached hydrogen (secondary N) is 2. The highest BCUT2D eigenvalue weighted by Gasteiger charge is 2.14. The van der Waals surface area contributed by atoms with E-state index in [1.807, 2.05) is 31.2 Å². The van der Waals surface area contributed by atoms with E-state index in [1.165, 1.54) is 0 Å². The van der Waals surface area contributed by atoms with Crippen LogP contribution in [0.5, 0.6) is 11.5 Å². The van der Waals surface area contributed by atoms with Crippen molar-refractivity contribution in [3.63, 3.8) is 0 Å². The first-order valence-electron chi connectivity index (χ1n) is 7.43. The van der Waals surface area contributed by atoms with Crippen LogP contribution in [-0.4, -0.2) is 22.8 Å². The van der Waals surface area contributed by atoms with Gasteiger partial charge in [0.25, 0.3) is 0 Å². The maximum Gasteiger partial charge on any atom is 0.231 e. The average molecular weight is 300 g/mol. The Bertz CT molecular complexity index is 675. The molecule has 0 spiro atoms. The molecule has 1 atom stereocenters. The third kappa shape index (κ3) is 3.21. The number of hydrogen-bond donors (Lipinski definition) is 2. The molecule has 2 N–H and O–H groups in total. The molecule has 6 nitrogen and oxygen atoms in total. The Morgan fingerprint density at radius 2 is 2.00 bits per heavy atom. The molecule has 0 fully saturated rings. The first kappa shape index (κ1) is 14.4. The van der Waals surface area contributed by atoms with Crippen molar-refractivity contribution in [1.29, 1.82) is 0 Å². The van der Waals surface area contributed by atoms with E-state index in [2.05, 4.69) is 34.4 Å². The van der Waals surface area contributed by atoms with Crippen molar-refractivity contribution in [2.24, 2.45) is 0 Å². The number of fused-ring (bicyclic) bond motifs is 1. The molecule has 2 aromatic rings. The monoisotopic (exact) mass is 300 g/mol. The van der Waals surface area contributed by atoms with Crippen LogP contribution < -0.4 is 20.1 Å². The lowest BCUT2D eigenvalue weighted by Gasteiger charge is -2.14. The Hall–Kier alpha value is -2.50. The van der Waals surface area contributed by atoms with E-state index in [0.717, 1.165) is 35.1 Å². The van der Waals surface area contributed by atoms with Gasteiger partial charge in [-0.05, 0) is 32.4 Å². The van der Waals surface area contributed by atoms with E-state index < -0.39 is 0 Å². The van der Waals surface area contributed by atoms with E-state index in [-0.39, 0.29) is 6.79 Å². The number of aryl methyl sites for hydroxylation is 1. The zero-order valence-electron chi connectivity index (χ0n) is 13.0. The van der Waals surface area contributed by atoms with Crippen LogP contribution in [0.1, 0.15) is 26.0 Å². The molecule has 0 saturated heterocycles. The predicted molar refractivity (Wildman–Crippen MR) is 86.0 cm³/mol. The Labute approximate surface area is 129 Å². The van der Waals surface area contributed by atoms with Crippen molar-refractivity contribution >= 4 is 17.5 Å². The number of aromatic nitrogens is 2. The van der Waals surface area contributed by atoms with Gasteiger partial charge in [-0.15, -0.1) is 0 Å². The van der Waals surface area contributed by atoms with E-state index in [1.54, 1.807) is 0 Å². The predicted octanol–water partition coefficient (Wildman–Crippen LogP) is 3.47. The molecule has 0 radical (unpaired) electrons. The highest BCUT2D eigenvalue weighted by atomic mass is 16.7. The number of anilines is 3. The Balaban J connectivity index is 1.79. The SMILES string of the molecule is CCC(C)Nc1cc(C)nc(Nc2ccc3c(c2)OCO3)n1. The molecular formula is C16H20N4O2. The first-order chi connectivity index (χ1) is 10.6. The van der Waals surface area contributed by atoms with E-state index >= 15 is 0 Å². The number of nitrogens with zero attached hydrogens (tertiary/aromatic N) is 2. The topological polar surface area (TPSA) is 68.3 Å². The van der Waals surface area contributed by atoms with Crippen LogP contribution in [-0.2, 0) is 0 Å². The van der Waals surface area contributed by atoms with Crippen LogP contribution in [0.4, 0.5) is 17.5 Å². The summed E-state index contributed by atoms with van der Waals surface area (Å²) in [5, 5.41) is 6.57. The van der Waals surface area contributed by atoms with Crippen molar-refractivity contribution in [3.8, 4) is 11.5 Å². The van der Waals surface area contributed by atoms with Gasteiger partial charge < -0.3 is 20.1 Å². The van der Waals surface area contributed by atoms with Crippen molar-refractivity contribution in [3.05, 3.63) is 30.0 Å². The average Bonchev–Trinajstić information content (AvgIpc) is 2.94. The molecule has 22 heavy (non-hydrogen) atoms. The summed E-state index contributed by atoms with van der Waals surface area (Å²) in [5.74, 6) is 2.88. The van der Waals surface area contributed by atoms with E-state index in [0.29, 0.717) is 12.0 Å². The van der Waals surface area contributed by atoms with Gasteiger partial charge in [-0.2, -0.15) is 4.98 Å². The highest BCUT2D eigenvalue weighted by molar-refractivity contribution is 5.61. The summed E-state index contributed by atoms with van der Waals surface area (Å²) in [6.45, 7) is 6.48. The summed E-state index contributed by atoms with van der Waals surface area (Å²) in [6.07, 6.45) is 1.04. The second-order valence-corrected chi connectivity index (χ2v) is 5.36. The molecule has 1 unspecified atom stereocenters. The number of ether oxygens (including phenoxy) is 2. The smallest absolute Gasteiger partial charge is 0.231 e. The molecular weight excluding hydrogens is 280 g/mol. The van der Waals surface area contributed by atoms with Gasteiger partial charge in [-0.25, -0.2) is 4.98 Å². The highest BCUT2D eigenvalue weighted by Crippen LogP contribution is 2.34. The number of hydrogen-bond acceptors (Lipinski definition) is 6. The van der Waals surface area contributed by atoms with Crippen molar-refractivity contribution in [1.82, 2.24) is 9.97 Å². The largest absolute Gasteiger partial charge is 0.454 e. The van der Waals surface area contributed by atoms with Gasteiger partial charge in [-0.3, -0.25) is 0 Å². The van der Waals surface area contributed by atoms with Gasteiger partial charge in [-0.1, -0.05) is 6.92 Å². The van der Waals surface area contributed by atoms with Gasteiger partial charge in [0.05, 0.1) is 0 Å². The summed E-state index contributed by atoms with van der Waals surface area (Å²) in [5.41, 5.74) is 1.77. The number of benzene rings is 1. The minimum absolute atomic E-state index is 0.267. The Morgan fingerprint density at radius 1 is 1.18 bits per heavy atom. The van der Waals surface area contributed by atoms with Crippen LogP contribution in [0.15, 0.2) is 24.3 Å². The second-order valence-electron chi connectivity index (χ2n) is 5.36. The normalized spacial score (nSPS) is 13.8. The molecule has 3 rings (SSSR count). The molecule has 1 aliphatic rings. The van der Waals surface area contributed by atoms with Gasteiger partial charge in [0.15, 0.2) is 11.5 Å². The van der Waals surface area contributed by atoms with Crippen molar-refractivity contribution < 1.29 is 9.47 Å². The third-order valence-electron chi connectivity index (χ3n) is 3.49. The molecule has 116 valence electrons. The summed E-state index contributed by atoms with van der Waals surface area (Å²) >= 11 is 0. The second kappa shape index (κ2) is 6.09. The molecule has 2 heterocycles. The Kier molecular flexibility index (Phi) is 4.00. The fourth-order valence-electron chi connectivity index (χ4n) is 2.16. The van der Waals surface area contributed by atoms with Crippen LogP contribution in [0, 0.1) is 6.92 Å². The molecule has 6 heteroatoms. The molecule has 1 aromatic heterocycles. The quantitative estimate of drug-likeness (QED) is 0.881. The minimum Gasteiger partial charge on any atom is -0.454 e. The van der Waals surface area contributed by atoms with Crippen LogP contribution >= 0.6 is 0 Å². The zero-order chi connectivity index (χ0) is 15.5. The fourth-order valence-corrected chi connectivity index (χ4v) is 2.16. The van der Waals surface area contributed by atoms with E-state index in [4.69, 9.17) is 9.47 Å². The fraction of sp³-hybridized carbons (Fsp3) is 0.375. The first-order valence-corrected chi connectivity index (χ1v) is 7.43. The van der Waals surface area contributed by atoms with Gasteiger partial charge in [0, 0.05) is 29.6 Å². The third-order valence-corrected chi connectivity index (χ3v) is 3.49. The van der Waals surface area contributed by atoms with Crippen LogP contribution in [0.3, 0.4) is 0 Å². The maximum atomic E-state index is 5.38. The van der Waals surface area contributed by atoms with Gasteiger partial charge >= 0.3 is 0 Å². The molecule has 0 bridgehead atoms. The minimum atomic E-state index is 0.267. The standard InChI is InChI=1S/C16H20N4O2/c1-4-10(2)17-15-7-11(3)18-16(20-15)19-12-5-6-13-14(8-12)22-9-21-13/h5-8,10H,4,9H2,1-3H3,(H2,17,18,19,20). The van der Waals surface area contributed by atoms with E-state index in [9.17, 15) is 0 Å². The molecule has 0 aliphatic carbocycles. The van der Waals surface area contributed by atoms with Crippen LogP contribution in [0.2, 0.25) is 0 Å². The summed E-state index contributed by atoms with van der Waals surface area (Å²) in [4.78, 5) is 8.93. The van der Waals surface area contributed by atoms with Crippen molar-refractivity contribution in [2.75, 3.05) is 17.4 Å². The zero-order valence-corrected chi connectivity index (χ0v) is 13.0. The van der Waals surface area contributed by atoms with Crippen LogP contribution in [0.25, 0.3) is 0 Å². The molecule has 0 saturated carbocycles. The summed E-state index contributed by atoms with van der Waals surface area (Å²) < 4.78 is 10.7. The van der Waals surface area contributed by atoms with Gasteiger partial charge in [0.1, 0.15) is 5.82 Å². The summed E-state index contributed by atoms with van der Waals surface area (Å²) in [6, 6.07) is 7.99. The lowest BCUT2D eigenvalue weighted by molar-refractivity contribution is 0.174. The number of rotatable bonds is 5. The molecule has 1 aromatic carbocycles. The van der Waals surface area contributed by atoms with Gasteiger partial charge in [0.2, 0.25) is 12.7 Å². The summed E-state index contributed by atoms with van der Waals surface area (Å²) in [7, 11) is 0. The van der Waals surface area contributed by atoms with Crippen molar-refractivity contribution in [2.45, 2.75) is 33.2 Å². The molecule has 1 aliphatic heterocycles. The lowest BCUT2D eigenvalue weighted by atomic mass is 10.2. The Morgan fingerprint density at radius 3 is 2.82 bits per heavy atom. The lowest BCUT2D eigenvalue weighted by Crippen LogP contribution is -2.15. The maximum absolute atomic E-state index is 5.38. The molecule has 0 amide bonds.